The van der Waals surface area contributed by atoms with E-state index in [1.54, 1.807) is 55.6 Å². The zero-order valence-corrected chi connectivity index (χ0v) is 19.8. The van der Waals surface area contributed by atoms with Crippen molar-refractivity contribution in [1.82, 2.24) is 20.6 Å². The zero-order chi connectivity index (χ0) is 21.4. The normalized spacial score (nSPS) is 11.6. The van der Waals surface area contributed by atoms with E-state index in [4.69, 9.17) is 0 Å². The fourth-order valence-corrected chi connectivity index (χ4v) is 5.68. The summed E-state index contributed by atoms with van der Waals surface area (Å²) in [7, 11) is 6.45. The van der Waals surface area contributed by atoms with Crippen LogP contribution in [-0.2, 0) is 9.59 Å². The van der Waals surface area contributed by atoms with E-state index in [9.17, 15) is 9.59 Å². The fourth-order valence-electron chi connectivity index (χ4n) is 2.11. The van der Waals surface area contributed by atoms with Gasteiger partial charge in [0, 0.05) is 49.8 Å². The maximum atomic E-state index is 12.1. The molecule has 0 aliphatic rings. The smallest absolute Gasteiger partial charge is 0.278 e. The number of rotatable bonds is 14. The van der Waals surface area contributed by atoms with E-state index >= 15 is 0 Å². The average molecular weight is 485 g/mol. The predicted molar refractivity (Wildman–Crippen MR) is 127 cm³/mol. The molecule has 0 spiro atoms. The van der Waals surface area contributed by atoms with Gasteiger partial charge in [-0.05, 0) is 45.9 Å². The zero-order valence-electron chi connectivity index (χ0n) is 16.5. The summed E-state index contributed by atoms with van der Waals surface area (Å²) in [5.41, 5.74) is 3.87. The van der Waals surface area contributed by atoms with Crippen molar-refractivity contribution in [3.63, 3.8) is 0 Å². The first-order valence-corrected chi connectivity index (χ1v) is 14.1. The minimum atomic E-state index is -0.432. The van der Waals surface area contributed by atoms with Crippen molar-refractivity contribution >= 4 is 55.0 Å². The first kappa shape index (κ1) is 24.9. The van der Waals surface area contributed by atoms with Crippen molar-refractivity contribution in [1.29, 1.82) is 0 Å². The van der Waals surface area contributed by atoms with Gasteiger partial charge in [-0.2, -0.15) is 0 Å². The number of nitrogens with zero attached hydrogens (tertiary/aromatic N) is 2. The lowest BCUT2D eigenvalue weighted by molar-refractivity contribution is -0.404. The lowest BCUT2D eigenvalue weighted by atomic mass is 10.1. The Morgan fingerprint density at radius 3 is 2.00 bits per heavy atom. The summed E-state index contributed by atoms with van der Waals surface area (Å²) >= 11 is 0. The number of carbonyl (C=O) groups is 2. The minimum Gasteiger partial charge on any atom is -0.355 e. The highest BCUT2D eigenvalue weighted by atomic mass is 33.1. The molecular weight excluding hydrogens is 459 g/mol. The summed E-state index contributed by atoms with van der Waals surface area (Å²) in [6, 6.07) is 11.1. The number of pyridine rings is 2. The molecule has 0 aliphatic carbocycles. The number of hydrogen-bond donors (Lipinski definition) is 3. The summed E-state index contributed by atoms with van der Waals surface area (Å²) in [5, 5.41) is 7.64. The van der Waals surface area contributed by atoms with E-state index in [2.05, 4.69) is 26.3 Å². The van der Waals surface area contributed by atoms with Gasteiger partial charge in [-0.15, -0.1) is 0 Å². The van der Waals surface area contributed by atoms with Crippen molar-refractivity contribution in [3.8, 4) is 0 Å². The van der Waals surface area contributed by atoms with E-state index in [1.165, 1.54) is 0 Å². The highest BCUT2D eigenvalue weighted by Crippen LogP contribution is 2.28. The number of hydrogen-bond acceptors (Lipinski definition) is 8. The number of amides is 2. The van der Waals surface area contributed by atoms with Crippen LogP contribution in [0.25, 0.3) is 0 Å². The molecule has 0 bridgehead atoms. The summed E-state index contributed by atoms with van der Waals surface area (Å²) < 4.78 is 0. The Bertz CT molecular complexity index is 755. The second-order valence-electron chi connectivity index (χ2n) is 6.02. The van der Waals surface area contributed by atoms with Crippen molar-refractivity contribution in [2.45, 2.75) is 28.9 Å². The average Bonchev–Trinajstić information content (AvgIpc) is 2.78. The van der Waals surface area contributed by atoms with E-state index in [-0.39, 0.29) is 11.8 Å². The van der Waals surface area contributed by atoms with Crippen LogP contribution in [-0.4, -0.2) is 52.4 Å². The highest BCUT2D eigenvalue weighted by molar-refractivity contribution is 8.77. The van der Waals surface area contributed by atoms with Crippen molar-refractivity contribution in [3.05, 3.63) is 48.8 Å². The van der Waals surface area contributed by atoms with Crippen LogP contribution >= 0.6 is 43.2 Å². The molecule has 162 valence electrons. The molecule has 30 heavy (non-hydrogen) atoms. The summed E-state index contributed by atoms with van der Waals surface area (Å²) in [5.74, 6) is 1.39. The van der Waals surface area contributed by atoms with Crippen molar-refractivity contribution < 1.29 is 15.3 Å². The highest BCUT2D eigenvalue weighted by Gasteiger charge is 2.18. The minimum absolute atomic E-state index is 0.0535. The number of nitrogens with one attached hydrogen (secondary N) is 2. The molecule has 0 fully saturated rings. The van der Waals surface area contributed by atoms with Gasteiger partial charge in [0.2, 0.25) is 5.91 Å². The van der Waals surface area contributed by atoms with Gasteiger partial charge < -0.3 is 16.4 Å². The number of quaternary nitrogens is 1. The Labute approximate surface area is 192 Å². The monoisotopic (exact) mass is 484 g/mol. The lowest BCUT2D eigenvalue weighted by Crippen LogP contribution is -2.67. The number of carbonyl (C=O) groups excluding carboxylic acids is 2. The maximum absolute atomic E-state index is 12.1. The third-order valence-electron chi connectivity index (χ3n) is 3.65. The van der Waals surface area contributed by atoms with Crippen LogP contribution < -0.4 is 16.4 Å². The molecule has 2 amide bonds. The lowest BCUT2D eigenvalue weighted by Gasteiger charge is -2.10. The molecule has 7 nitrogen and oxygen atoms in total. The van der Waals surface area contributed by atoms with E-state index < -0.39 is 6.04 Å². The van der Waals surface area contributed by atoms with Crippen LogP contribution in [0.3, 0.4) is 0 Å². The quantitative estimate of drug-likeness (QED) is 0.277. The van der Waals surface area contributed by atoms with Crippen LogP contribution in [0, 0.1) is 0 Å². The molecule has 11 heteroatoms. The second-order valence-corrected chi connectivity index (χ2v) is 10.9. The Morgan fingerprint density at radius 1 is 0.900 bits per heavy atom. The summed E-state index contributed by atoms with van der Waals surface area (Å²) in [4.78, 5) is 32.5. The molecule has 2 aromatic rings. The Kier molecular flexibility index (Phi) is 12.8. The van der Waals surface area contributed by atoms with Crippen molar-refractivity contribution in [2.75, 3.05) is 24.6 Å². The molecule has 1 atom stereocenters. The molecule has 5 N–H and O–H groups in total. The molecule has 0 saturated carbocycles. The van der Waals surface area contributed by atoms with Crippen LogP contribution in [0.15, 0.2) is 58.8 Å². The molecule has 2 aromatic heterocycles. The molecule has 0 aliphatic heterocycles. The molecule has 2 rings (SSSR count). The summed E-state index contributed by atoms with van der Waals surface area (Å²) in [6.45, 7) is 1.15. The maximum Gasteiger partial charge on any atom is 0.278 e. The molecule has 0 aromatic carbocycles. The SMILES string of the molecule is [NH3+]C(CCC(=O)NCCSSc1ccccn1)C(=O)NCCSSc1ccccn1. The van der Waals surface area contributed by atoms with E-state index in [0.29, 0.717) is 25.9 Å². The van der Waals surface area contributed by atoms with Crippen LogP contribution in [0.2, 0.25) is 0 Å². The second kappa shape index (κ2) is 15.4. The van der Waals surface area contributed by atoms with Gasteiger partial charge in [0.05, 0.1) is 0 Å². The molecular formula is C19H26N5O2S4+. The molecule has 2 heterocycles. The van der Waals surface area contributed by atoms with E-state index in [1.807, 2.05) is 36.4 Å². The van der Waals surface area contributed by atoms with Crippen LogP contribution in [0.1, 0.15) is 12.8 Å². The third kappa shape index (κ3) is 11.1. The van der Waals surface area contributed by atoms with Gasteiger partial charge in [0.1, 0.15) is 10.1 Å². The predicted octanol–water partition coefficient (Wildman–Crippen LogP) is 2.28. The molecule has 1 unspecified atom stereocenters. The molecule has 0 radical (unpaired) electrons. The molecule has 0 saturated heterocycles. The largest absolute Gasteiger partial charge is 0.355 e. The number of aromatic nitrogens is 2. The van der Waals surface area contributed by atoms with E-state index in [0.717, 1.165) is 21.6 Å². The van der Waals surface area contributed by atoms with Gasteiger partial charge in [0.15, 0.2) is 6.04 Å². The Balaban J connectivity index is 1.46. The van der Waals surface area contributed by atoms with Gasteiger partial charge in [-0.3, -0.25) is 9.59 Å². The standard InChI is InChI=1S/C19H25N5O2S4/c20-15(19(26)24-12-14-28-30-18-6-2-4-10-23-18)7-8-16(25)21-11-13-27-29-17-5-1-3-9-22-17/h1-6,9-10,15H,7-8,11-14,20H2,(H,21,25)(H,24,26)/p+1. The summed E-state index contributed by atoms with van der Waals surface area (Å²) in [6.07, 6.45) is 4.25. The topological polar surface area (TPSA) is 112 Å². The fraction of sp³-hybridized carbons (Fsp3) is 0.368. The van der Waals surface area contributed by atoms with Gasteiger partial charge in [0.25, 0.3) is 5.91 Å². The Hall–Kier alpha value is -1.40. The van der Waals surface area contributed by atoms with Gasteiger partial charge in [-0.1, -0.05) is 33.7 Å². The first-order chi connectivity index (χ1) is 14.6. The first-order valence-electron chi connectivity index (χ1n) is 9.43. The van der Waals surface area contributed by atoms with Crippen LogP contribution in [0.5, 0.6) is 0 Å². The van der Waals surface area contributed by atoms with Gasteiger partial charge in [-0.25, -0.2) is 9.97 Å². The Morgan fingerprint density at radius 2 is 1.47 bits per heavy atom. The third-order valence-corrected chi connectivity index (χ3v) is 8.18. The van der Waals surface area contributed by atoms with Crippen LogP contribution in [0.4, 0.5) is 0 Å². The van der Waals surface area contributed by atoms with Crippen molar-refractivity contribution in [2.24, 2.45) is 0 Å². The van der Waals surface area contributed by atoms with Gasteiger partial charge >= 0.3 is 0 Å².